The lowest BCUT2D eigenvalue weighted by Gasteiger charge is -2.19. The van der Waals surface area contributed by atoms with Crippen LogP contribution >= 0.6 is 0 Å². The Balaban J connectivity index is 2.36. The van der Waals surface area contributed by atoms with Crippen molar-refractivity contribution < 1.29 is 4.39 Å². The lowest BCUT2D eigenvalue weighted by Crippen LogP contribution is -2.23. The summed E-state index contributed by atoms with van der Waals surface area (Å²) >= 11 is 0. The van der Waals surface area contributed by atoms with Crippen molar-refractivity contribution in [3.05, 3.63) is 65.2 Å². The Kier molecular flexibility index (Phi) is 4.63. The van der Waals surface area contributed by atoms with Crippen molar-refractivity contribution >= 4 is 0 Å². The second-order valence-corrected chi connectivity index (χ2v) is 4.74. The number of nitrogens with one attached hydrogen (secondary N) is 1. The van der Waals surface area contributed by atoms with Crippen molar-refractivity contribution in [1.82, 2.24) is 10.3 Å². The Labute approximate surface area is 113 Å². The summed E-state index contributed by atoms with van der Waals surface area (Å²) in [6.07, 6.45) is 4.61. The van der Waals surface area contributed by atoms with Crippen LogP contribution in [0.1, 0.15) is 36.1 Å². The molecule has 100 valence electrons. The molecule has 0 bridgehead atoms. The topological polar surface area (TPSA) is 24.9 Å². The molecule has 0 radical (unpaired) electrons. The molecule has 0 aliphatic carbocycles. The maximum atomic E-state index is 13.6. The molecule has 1 aromatic carbocycles. The van der Waals surface area contributed by atoms with Gasteiger partial charge in [0.2, 0.25) is 0 Å². The number of benzene rings is 1. The fourth-order valence-corrected chi connectivity index (χ4v) is 2.19. The van der Waals surface area contributed by atoms with Gasteiger partial charge in [-0.15, -0.1) is 0 Å². The number of hydrogen-bond donors (Lipinski definition) is 1. The molecule has 1 aromatic heterocycles. The third kappa shape index (κ3) is 3.61. The first-order chi connectivity index (χ1) is 9.20. The van der Waals surface area contributed by atoms with Crippen LogP contribution in [0.25, 0.3) is 0 Å². The minimum absolute atomic E-state index is 0.0111. The third-order valence-electron chi connectivity index (χ3n) is 3.01. The quantitative estimate of drug-likeness (QED) is 0.886. The summed E-state index contributed by atoms with van der Waals surface area (Å²) in [5, 5.41) is 3.45. The normalized spacial score (nSPS) is 12.4. The zero-order valence-corrected chi connectivity index (χ0v) is 11.4. The molecule has 0 amide bonds. The molecule has 0 aliphatic heterocycles. The summed E-state index contributed by atoms with van der Waals surface area (Å²) in [5.74, 6) is -0.192. The van der Waals surface area contributed by atoms with Gasteiger partial charge in [-0.05, 0) is 54.8 Å². The molecule has 2 rings (SSSR count). The van der Waals surface area contributed by atoms with Crippen LogP contribution in [0.2, 0.25) is 0 Å². The number of nitrogens with zero attached hydrogens (tertiary/aromatic N) is 1. The highest BCUT2D eigenvalue weighted by Crippen LogP contribution is 2.23. The van der Waals surface area contributed by atoms with Gasteiger partial charge in [-0.3, -0.25) is 4.98 Å². The SMILES string of the molecule is CCCNC(c1cccnc1)c1cc(C)cc(F)c1. The molecule has 1 heterocycles. The van der Waals surface area contributed by atoms with Gasteiger partial charge >= 0.3 is 0 Å². The van der Waals surface area contributed by atoms with E-state index >= 15 is 0 Å². The zero-order valence-electron chi connectivity index (χ0n) is 11.4. The largest absolute Gasteiger partial charge is 0.306 e. The van der Waals surface area contributed by atoms with E-state index in [0.29, 0.717) is 0 Å². The van der Waals surface area contributed by atoms with Gasteiger partial charge in [0.25, 0.3) is 0 Å². The first-order valence-corrected chi connectivity index (χ1v) is 6.61. The molecule has 2 aromatic rings. The second kappa shape index (κ2) is 6.43. The van der Waals surface area contributed by atoms with Crippen LogP contribution in [0.5, 0.6) is 0 Å². The average Bonchev–Trinajstić information content (AvgIpc) is 2.39. The Hall–Kier alpha value is -1.74. The van der Waals surface area contributed by atoms with Gasteiger partial charge in [0, 0.05) is 12.4 Å². The van der Waals surface area contributed by atoms with Gasteiger partial charge in [0.15, 0.2) is 0 Å². The highest BCUT2D eigenvalue weighted by molar-refractivity contribution is 5.33. The fourth-order valence-electron chi connectivity index (χ4n) is 2.19. The van der Waals surface area contributed by atoms with Crippen LogP contribution in [0.3, 0.4) is 0 Å². The minimum atomic E-state index is -0.192. The van der Waals surface area contributed by atoms with Crippen LogP contribution in [0, 0.1) is 12.7 Å². The number of aromatic nitrogens is 1. The van der Waals surface area contributed by atoms with E-state index in [1.165, 1.54) is 0 Å². The van der Waals surface area contributed by atoms with E-state index < -0.39 is 0 Å². The van der Waals surface area contributed by atoms with Crippen molar-refractivity contribution in [1.29, 1.82) is 0 Å². The van der Waals surface area contributed by atoms with E-state index in [1.807, 2.05) is 31.3 Å². The van der Waals surface area contributed by atoms with Crippen molar-refractivity contribution in [2.24, 2.45) is 0 Å². The van der Waals surface area contributed by atoms with Crippen molar-refractivity contribution in [2.75, 3.05) is 6.54 Å². The Morgan fingerprint density at radius 2 is 2.11 bits per heavy atom. The predicted octanol–water partition coefficient (Wildman–Crippen LogP) is 3.62. The van der Waals surface area contributed by atoms with Crippen LogP contribution in [-0.2, 0) is 0 Å². The first-order valence-electron chi connectivity index (χ1n) is 6.61. The highest BCUT2D eigenvalue weighted by atomic mass is 19.1. The number of rotatable bonds is 5. The molecule has 1 unspecified atom stereocenters. The van der Waals surface area contributed by atoms with Crippen LogP contribution < -0.4 is 5.32 Å². The number of aryl methyl sites for hydroxylation is 1. The monoisotopic (exact) mass is 258 g/mol. The van der Waals surface area contributed by atoms with Gasteiger partial charge in [0.1, 0.15) is 5.82 Å². The Morgan fingerprint density at radius 3 is 2.74 bits per heavy atom. The average molecular weight is 258 g/mol. The standard InChI is InChI=1S/C16H19FN2/c1-3-6-19-16(13-5-4-7-18-11-13)14-8-12(2)9-15(17)10-14/h4-5,7-11,16,19H,3,6H2,1-2H3. The summed E-state index contributed by atoms with van der Waals surface area (Å²) < 4.78 is 13.6. The van der Waals surface area contributed by atoms with E-state index in [2.05, 4.69) is 17.2 Å². The fraction of sp³-hybridized carbons (Fsp3) is 0.312. The van der Waals surface area contributed by atoms with E-state index in [-0.39, 0.29) is 11.9 Å². The maximum Gasteiger partial charge on any atom is 0.123 e. The number of pyridine rings is 1. The van der Waals surface area contributed by atoms with Crippen molar-refractivity contribution in [3.63, 3.8) is 0 Å². The van der Waals surface area contributed by atoms with Gasteiger partial charge in [-0.25, -0.2) is 4.39 Å². The van der Waals surface area contributed by atoms with Crippen LogP contribution in [-0.4, -0.2) is 11.5 Å². The number of hydrogen-bond acceptors (Lipinski definition) is 2. The zero-order chi connectivity index (χ0) is 13.7. The van der Waals surface area contributed by atoms with E-state index in [4.69, 9.17) is 0 Å². The van der Waals surface area contributed by atoms with Crippen LogP contribution in [0.4, 0.5) is 4.39 Å². The second-order valence-electron chi connectivity index (χ2n) is 4.74. The van der Waals surface area contributed by atoms with Gasteiger partial charge in [-0.2, -0.15) is 0 Å². The molecule has 1 atom stereocenters. The molecular weight excluding hydrogens is 239 g/mol. The van der Waals surface area contributed by atoms with E-state index in [9.17, 15) is 4.39 Å². The third-order valence-corrected chi connectivity index (χ3v) is 3.01. The van der Waals surface area contributed by atoms with Gasteiger partial charge < -0.3 is 5.32 Å². The molecule has 0 saturated carbocycles. The lowest BCUT2D eigenvalue weighted by molar-refractivity contribution is 0.583. The van der Waals surface area contributed by atoms with Gasteiger partial charge in [-0.1, -0.05) is 19.1 Å². The van der Waals surface area contributed by atoms with Crippen molar-refractivity contribution in [3.8, 4) is 0 Å². The summed E-state index contributed by atoms with van der Waals surface area (Å²) in [4.78, 5) is 4.15. The van der Waals surface area contributed by atoms with Crippen LogP contribution in [0.15, 0.2) is 42.7 Å². The minimum Gasteiger partial charge on any atom is -0.306 e. The summed E-state index contributed by atoms with van der Waals surface area (Å²) in [6, 6.07) is 9.06. The first kappa shape index (κ1) is 13.7. The van der Waals surface area contributed by atoms with Gasteiger partial charge in [0.05, 0.1) is 6.04 Å². The molecule has 19 heavy (non-hydrogen) atoms. The van der Waals surface area contributed by atoms with E-state index in [1.54, 1.807) is 18.3 Å². The molecule has 0 fully saturated rings. The Bertz CT molecular complexity index is 505. The molecule has 0 spiro atoms. The molecular formula is C16H19FN2. The maximum absolute atomic E-state index is 13.6. The van der Waals surface area contributed by atoms with E-state index in [0.717, 1.165) is 29.7 Å². The Morgan fingerprint density at radius 1 is 1.26 bits per heavy atom. The molecule has 0 aliphatic rings. The summed E-state index contributed by atoms with van der Waals surface area (Å²) in [7, 11) is 0. The summed E-state index contributed by atoms with van der Waals surface area (Å²) in [6.45, 7) is 4.91. The molecule has 2 nitrogen and oxygen atoms in total. The summed E-state index contributed by atoms with van der Waals surface area (Å²) in [5.41, 5.74) is 2.93. The van der Waals surface area contributed by atoms with Crippen molar-refractivity contribution in [2.45, 2.75) is 26.3 Å². The lowest BCUT2D eigenvalue weighted by atomic mass is 9.98. The molecule has 1 N–H and O–H groups in total. The molecule has 0 saturated heterocycles. The molecule has 3 heteroatoms. The number of halogens is 1. The highest BCUT2D eigenvalue weighted by Gasteiger charge is 2.14. The smallest absolute Gasteiger partial charge is 0.123 e. The predicted molar refractivity (Wildman–Crippen MR) is 75.5 cm³/mol.